The molecule has 192 valence electrons. The molecule has 0 saturated carbocycles. The van der Waals surface area contributed by atoms with E-state index in [0.29, 0.717) is 28.5 Å². The summed E-state index contributed by atoms with van der Waals surface area (Å²) in [5.74, 6) is -1.57. The zero-order chi connectivity index (χ0) is 26.3. The second-order valence-electron chi connectivity index (χ2n) is 8.77. The number of nitrogens with one attached hydrogen (secondary N) is 1. The van der Waals surface area contributed by atoms with Crippen molar-refractivity contribution in [1.29, 1.82) is 0 Å². The van der Waals surface area contributed by atoms with Crippen LogP contribution in [0, 0.1) is 0 Å². The number of allylic oxidation sites excluding steroid dienone is 1. The number of amides is 1. The van der Waals surface area contributed by atoms with E-state index in [2.05, 4.69) is 5.32 Å². The van der Waals surface area contributed by atoms with E-state index < -0.39 is 18.1 Å². The van der Waals surface area contributed by atoms with Gasteiger partial charge in [0.25, 0.3) is 0 Å². The molecule has 1 N–H and O–H groups in total. The van der Waals surface area contributed by atoms with Crippen LogP contribution < -0.4 is 19.7 Å². The number of furan rings is 1. The smallest absolute Gasteiger partial charge is 0.471 e. The molecule has 1 aromatic heterocycles. The lowest BCUT2D eigenvalue weighted by atomic mass is 9.80. The van der Waals surface area contributed by atoms with Crippen molar-refractivity contribution in [3.63, 3.8) is 0 Å². The van der Waals surface area contributed by atoms with E-state index in [1.807, 2.05) is 0 Å². The van der Waals surface area contributed by atoms with Crippen LogP contribution in [0.1, 0.15) is 36.1 Å². The molecule has 2 aliphatic rings. The Kier molecular flexibility index (Phi) is 6.18. The van der Waals surface area contributed by atoms with Crippen molar-refractivity contribution in [3.8, 4) is 11.5 Å². The first kappa shape index (κ1) is 24.5. The summed E-state index contributed by atoms with van der Waals surface area (Å²) in [6, 6.07) is 12.9. The third kappa shape index (κ3) is 4.32. The van der Waals surface area contributed by atoms with Crippen LogP contribution in [0.15, 0.2) is 76.5 Å². The van der Waals surface area contributed by atoms with Crippen molar-refractivity contribution in [2.75, 3.05) is 24.4 Å². The van der Waals surface area contributed by atoms with E-state index in [1.165, 1.54) is 44.7 Å². The maximum absolute atomic E-state index is 14.0. The molecule has 1 aliphatic heterocycles. The second kappa shape index (κ2) is 9.34. The predicted octanol–water partition coefficient (Wildman–Crippen LogP) is 5.76. The van der Waals surface area contributed by atoms with E-state index >= 15 is 0 Å². The first-order valence-electron chi connectivity index (χ1n) is 11.5. The van der Waals surface area contributed by atoms with E-state index in [-0.39, 0.29) is 46.4 Å². The van der Waals surface area contributed by atoms with E-state index in [4.69, 9.17) is 13.9 Å². The quantitative estimate of drug-likeness (QED) is 0.479. The summed E-state index contributed by atoms with van der Waals surface area (Å²) >= 11 is 0. The lowest BCUT2D eigenvalue weighted by Gasteiger charge is -2.35. The van der Waals surface area contributed by atoms with Gasteiger partial charge < -0.3 is 19.2 Å². The van der Waals surface area contributed by atoms with Gasteiger partial charge in [-0.15, -0.1) is 0 Å². The van der Waals surface area contributed by atoms with Gasteiger partial charge in [0.2, 0.25) is 0 Å². The Labute approximate surface area is 210 Å². The zero-order valence-electron chi connectivity index (χ0n) is 20.0. The average Bonchev–Trinajstić information content (AvgIpc) is 3.37. The number of para-hydroxylation sites is 2. The first-order valence-corrected chi connectivity index (χ1v) is 11.5. The molecule has 0 saturated heterocycles. The molecule has 0 fully saturated rings. The first-order chi connectivity index (χ1) is 17.7. The Morgan fingerprint density at radius 1 is 1.03 bits per heavy atom. The largest absolute Gasteiger partial charge is 0.493 e. The molecule has 2 heterocycles. The van der Waals surface area contributed by atoms with Crippen molar-refractivity contribution in [2.45, 2.75) is 31.0 Å². The normalized spacial score (nSPS) is 19.5. The highest BCUT2D eigenvalue weighted by Crippen LogP contribution is 2.49. The van der Waals surface area contributed by atoms with Gasteiger partial charge in [0.15, 0.2) is 17.3 Å². The summed E-state index contributed by atoms with van der Waals surface area (Å²) in [5, 5.41) is 3.17. The van der Waals surface area contributed by atoms with Crippen LogP contribution in [0.3, 0.4) is 0 Å². The molecule has 0 bridgehead atoms. The minimum absolute atomic E-state index is 0.00126. The fourth-order valence-electron chi connectivity index (χ4n) is 5.01. The highest BCUT2D eigenvalue weighted by atomic mass is 19.4. The number of methoxy groups -OCH3 is 2. The Balaban J connectivity index is 1.76. The van der Waals surface area contributed by atoms with Gasteiger partial charge in [-0.2, -0.15) is 13.2 Å². The number of hydrogen-bond acceptors (Lipinski definition) is 6. The van der Waals surface area contributed by atoms with Crippen LogP contribution >= 0.6 is 0 Å². The summed E-state index contributed by atoms with van der Waals surface area (Å²) in [7, 11) is 2.83. The second-order valence-corrected chi connectivity index (χ2v) is 8.77. The maximum Gasteiger partial charge on any atom is 0.471 e. The monoisotopic (exact) mass is 512 g/mol. The molecule has 10 heteroatoms. The molecule has 1 amide bonds. The van der Waals surface area contributed by atoms with Crippen molar-refractivity contribution < 1.29 is 36.7 Å². The summed E-state index contributed by atoms with van der Waals surface area (Å²) in [6.07, 6.45) is -3.36. The van der Waals surface area contributed by atoms with Crippen LogP contribution in [0.5, 0.6) is 11.5 Å². The van der Waals surface area contributed by atoms with E-state index in [0.717, 1.165) is 0 Å². The summed E-state index contributed by atoms with van der Waals surface area (Å²) in [4.78, 5) is 27.3. The van der Waals surface area contributed by atoms with E-state index in [9.17, 15) is 22.8 Å². The van der Waals surface area contributed by atoms with Crippen LogP contribution in [0.25, 0.3) is 0 Å². The van der Waals surface area contributed by atoms with Gasteiger partial charge >= 0.3 is 12.1 Å². The molecule has 2 aromatic carbocycles. The maximum atomic E-state index is 14.0. The third-order valence-electron chi connectivity index (χ3n) is 6.62. The van der Waals surface area contributed by atoms with Gasteiger partial charge in [-0.1, -0.05) is 18.2 Å². The SMILES string of the molecule is COc1ccc([C@@H]2C3=C(C[C@H](c4ccco4)CC3=O)Nc3ccccc3N2C(=O)C(F)(F)F)cc1OC. The van der Waals surface area contributed by atoms with Gasteiger partial charge in [-0.25, -0.2) is 0 Å². The van der Waals surface area contributed by atoms with Crippen LogP contribution in [-0.2, 0) is 9.59 Å². The van der Waals surface area contributed by atoms with Gasteiger partial charge in [-0.3, -0.25) is 14.5 Å². The molecular formula is C27H23F3N2O5. The molecule has 0 unspecified atom stereocenters. The van der Waals surface area contributed by atoms with Gasteiger partial charge in [0.1, 0.15) is 5.76 Å². The molecule has 5 rings (SSSR count). The highest BCUT2D eigenvalue weighted by Gasteiger charge is 2.50. The Bertz CT molecular complexity index is 1380. The van der Waals surface area contributed by atoms with Crippen LogP contribution in [0.2, 0.25) is 0 Å². The number of anilines is 2. The molecule has 0 spiro atoms. The number of ketones is 1. The Morgan fingerprint density at radius 2 is 1.78 bits per heavy atom. The van der Waals surface area contributed by atoms with Gasteiger partial charge in [-0.05, 0) is 48.4 Å². The van der Waals surface area contributed by atoms with Crippen LogP contribution in [-0.4, -0.2) is 32.1 Å². The average molecular weight is 512 g/mol. The number of benzene rings is 2. The highest BCUT2D eigenvalue weighted by molar-refractivity contribution is 6.07. The van der Waals surface area contributed by atoms with Gasteiger partial charge in [0.05, 0.1) is 37.9 Å². The van der Waals surface area contributed by atoms with Crippen molar-refractivity contribution in [3.05, 3.63) is 83.5 Å². The number of nitrogens with zero attached hydrogens (tertiary/aromatic N) is 1. The van der Waals surface area contributed by atoms with Crippen molar-refractivity contribution >= 4 is 23.1 Å². The number of ether oxygens (including phenoxy) is 2. The Hall–Kier alpha value is -4.21. The molecular weight excluding hydrogens is 489 g/mol. The topological polar surface area (TPSA) is 81.0 Å². The molecule has 37 heavy (non-hydrogen) atoms. The number of carbonyl (C=O) groups excluding carboxylic acids is 2. The minimum Gasteiger partial charge on any atom is -0.493 e. The number of alkyl halides is 3. The summed E-state index contributed by atoms with van der Waals surface area (Å²) < 4.78 is 58.2. The number of hydrogen-bond donors (Lipinski definition) is 1. The lowest BCUT2D eigenvalue weighted by molar-refractivity contribution is -0.170. The molecule has 3 aromatic rings. The molecule has 7 nitrogen and oxygen atoms in total. The van der Waals surface area contributed by atoms with Crippen molar-refractivity contribution in [1.82, 2.24) is 0 Å². The summed E-state index contributed by atoms with van der Waals surface area (Å²) in [6.45, 7) is 0. The zero-order valence-corrected chi connectivity index (χ0v) is 20.0. The predicted molar refractivity (Wildman–Crippen MR) is 129 cm³/mol. The fraction of sp³-hybridized carbons (Fsp3) is 0.259. The lowest BCUT2D eigenvalue weighted by Crippen LogP contribution is -2.45. The number of Topliss-reactive ketones (excluding diaryl/α,β-unsaturated/α-hetero) is 1. The van der Waals surface area contributed by atoms with Gasteiger partial charge in [0, 0.05) is 23.6 Å². The molecule has 2 atom stereocenters. The number of carbonyl (C=O) groups is 2. The molecule has 1 aliphatic carbocycles. The fourth-order valence-corrected chi connectivity index (χ4v) is 5.01. The number of halogens is 3. The van der Waals surface area contributed by atoms with Crippen LogP contribution in [0.4, 0.5) is 24.5 Å². The number of fused-ring (bicyclic) bond motifs is 1. The molecule has 0 radical (unpaired) electrons. The van der Waals surface area contributed by atoms with E-state index in [1.54, 1.807) is 30.3 Å². The minimum atomic E-state index is -5.19. The third-order valence-corrected chi connectivity index (χ3v) is 6.62. The van der Waals surface area contributed by atoms with Crippen molar-refractivity contribution in [2.24, 2.45) is 0 Å². The number of rotatable bonds is 4. The Morgan fingerprint density at radius 3 is 2.46 bits per heavy atom. The standard InChI is InChI=1S/C27H23F3N2O5/c1-35-22-10-9-15(14-23(22)36-2)25-24-18(12-16(13-20(24)33)21-8-5-11-37-21)31-17-6-3-4-7-19(17)32(25)26(34)27(28,29)30/h3-11,14,16,25,31H,12-13H2,1-2H3/t16-,25+/m0/s1. The summed E-state index contributed by atoms with van der Waals surface area (Å²) in [5.41, 5.74) is 1.07.